The van der Waals surface area contributed by atoms with Crippen LogP contribution in [-0.4, -0.2) is 29.4 Å². The molecule has 0 aromatic carbocycles. The first-order valence-corrected chi connectivity index (χ1v) is 6.31. The van der Waals surface area contributed by atoms with Gasteiger partial charge in [0.2, 0.25) is 5.91 Å². The molecule has 0 radical (unpaired) electrons. The van der Waals surface area contributed by atoms with Crippen LogP contribution in [0.15, 0.2) is 18.5 Å². The molecule has 19 heavy (non-hydrogen) atoms. The summed E-state index contributed by atoms with van der Waals surface area (Å²) in [6.07, 6.45) is 4.05. The Bertz CT molecular complexity index is 448. The average Bonchev–Trinajstić information content (AvgIpc) is 2.38. The summed E-state index contributed by atoms with van der Waals surface area (Å²) in [5.41, 5.74) is 6.35. The Hall–Kier alpha value is -2.11. The third-order valence-corrected chi connectivity index (χ3v) is 2.76. The lowest BCUT2D eigenvalue weighted by Crippen LogP contribution is -2.35. The molecule has 1 atom stereocenters. The zero-order valence-corrected chi connectivity index (χ0v) is 11.3. The number of hydrogen-bond acceptors (Lipinski definition) is 4. The fourth-order valence-corrected chi connectivity index (χ4v) is 1.43. The molecule has 1 aromatic rings. The number of nitrogens with two attached hydrogens (primary N) is 1. The Kier molecular flexibility index (Phi) is 5.78. The lowest BCUT2D eigenvalue weighted by molar-refractivity contribution is -0.121. The summed E-state index contributed by atoms with van der Waals surface area (Å²) in [4.78, 5) is 27.1. The molecule has 0 saturated carbocycles. The first kappa shape index (κ1) is 14.9. The molecule has 1 heterocycles. The number of nitrogen functional groups attached to an aromatic ring is 1. The predicted molar refractivity (Wildman–Crippen MR) is 73.5 cm³/mol. The Balaban J connectivity index is 2.36. The van der Waals surface area contributed by atoms with Crippen molar-refractivity contribution in [2.45, 2.75) is 32.7 Å². The number of pyridine rings is 1. The second-order valence-corrected chi connectivity index (χ2v) is 4.35. The van der Waals surface area contributed by atoms with Crippen molar-refractivity contribution in [3.05, 3.63) is 24.0 Å². The van der Waals surface area contributed by atoms with E-state index in [0.29, 0.717) is 11.3 Å². The van der Waals surface area contributed by atoms with Crippen molar-refractivity contribution < 1.29 is 9.59 Å². The maximum Gasteiger partial charge on any atom is 0.254 e. The molecule has 4 N–H and O–H groups in total. The largest absolute Gasteiger partial charge is 0.398 e. The van der Waals surface area contributed by atoms with E-state index in [1.165, 1.54) is 12.4 Å². The predicted octanol–water partition coefficient (Wildman–Crippen LogP) is 0.698. The van der Waals surface area contributed by atoms with Crippen molar-refractivity contribution in [1.29, 1.82) is 0 Å². The van der Waals surface area contributed by atoms with E-state index in [1.54, 1.807) is 6.07 Å². The van der Waals surface area contributed by atoms with Gasteiger partial charge in [0.25, 0.3) is 5.91 Å². The van der Waals surface area contributed by atoms with Gasteiger partial charge in [0, 0.05) is 37.1 Å². The van der Waals surface area contributed by atoms with Gasteiger partial charge in [-0.3, -0.25) is 14.6 Å². The quantitative estimate of drug-likeness (QED) is 0.704. The Morgan fingerprint density at radius 1 is 1.47 bits per heavy atom. The topological polar surface area (TPSA) is 97.1 Å². The maximum absolute atomic E-state index is 11.8. The van der Waals surface area contributed by atoms with Crippen LogP contribution in [0.25, 0.3) is 0 Å². The Morgan fingerprint density at radius 3 is 2.84 bits per heavy atom. The number of amides is 2. The van der Waals surface area contributed by atoms with Crippen LogP contribution in [0.3, 0.4) is 0 Å². The molecule has 0 aliphatic heterocycles. The molecule has 0 spiro atoms. The van der Waals surface area contributed by atoms with Crippen LogP contribution in [0.1, 0.15) is 37.0 Å². The molecule has 0 fully saturated rings. The minimum Gasteiger partial charge on any atom is -0.398 e. The van der Waals surface area contributed by atoms with Crippen LogP contribution >= 0.6 is 0 Å². The molecule has 6 nitrogen and oxygen atoms in total. The Labute approximate surface area is 112 Å². The second-order valence-electron chi connectivity index (χ2n) is 4.35. The zero-order valence-electron chi connectivity index (χ0n) is 11.3. The fourth-order valence-electron chi connectivity index (χ4n) is 1.43. The molecule has 104 valence electrons. The van der Waals surface area contributed by atoms with Crippen LogP contribution in [0, 0.1) is 0 Å². The standard InChI is InChI=1S/C13H20N4O2/c1-3-9(2)17-12(18)5-7-16-13(19)10-8-15-6-4-11(10)14/h4,6,8-9H,3,5,7H2,1-2H3,(H2,14,15)(H,16,19)(H,17,18). The molecule has 1 rings (SSSR count). The summed E-state index contributed by atoms with van der Waals surface area (Å²) >= 11 is 0. The molecule has 0 bridgehead atoms. The van der Waals surface area contributed by atoms with E-state index in [1.807, 2.05) is 13.8 Å². The Morgan fingerprint density at radius 2 is 2.21 bits per heavy atom. The maximum atomic E-state index is 11.8. The van der Waals surface area contributed by atoms with Gasteiger partial charge in [0.1, 0.15) is 0 Å². The lowest BCUT2D eigenvalue weighted by atomic mass is 10.2. The van der Waals surface area contributed by atoms with Crippen LogP contribution in [0.2, 0.25) is 0 Å². The number of anilines is 1. The first-order chi connectivity index (χ1) is 9.04. The number of rotatable bonds is 6. The van der Waals surface area contributed by atoms with Crippen molar-refractivity contribution in [3.63, 3.8) is 0 Å². The minimum absolute atomic E-state index is 0.0752. The van der Waals surface area contributed by atoms with E-state index in [-0.39, 0.29) is 30.8 Å². The molecule has 0 aliphatic rings. The SMILES string of the molecule is CCC(C)NC(=O)CCNC(=O)c1cnccc1N. The van der Waals surface area contributed by atoms with E-state index in [2.05, 4.69) is 15.6 Å². The number of carbonyl (C=O) groups excluding carboxylic acids is 2. The van der Waals surface area contributed by atoms with Gasteiger partial charge in [0.05, 0.1) is 5.56 Å². The third-order valence-electron chi connectivity index (χ3n) is 2.76. The van der Waals surface area contributed by atoms with Gasteiger partial charge in [-0.2, -0.15) is 0 Å². The number of carbonyl (C=O) groups is 2. The molecule has 0 saturated heterocycles. The van der Waals surface area contributed by atoms with E-state index < -0.39 is 0 Å². The van der Waals surface area contributed by atoms with Crippen LogP contribution in [0.4, 0.5) is 5.69 Å². The van der Waals surface area contributed by atoms with E-state index >= 15 is 0 Å². The summed E-state index contributed by atoms with van der Waals surface area (Å²) in [5.74, 6) is -0.393. The fraction of sp³-hybridized carbons (Fsp3) is 0.462. The summed E-state index contributed by atoms with van der Waals surface area (Å²) in [6, 6.07) is 1.71. The van der Waals surface area contributed by atoms with Gasteiger partial charge >= 0.3 is 0 Å². The highest BCUT2D eigenvalue weighted by atomic mass is 16.2. The minimum atomic E-state index is -0.318. The van der Waals surface area contributed by atoms with Crippen LogP contribution in [0.5, 0.6) is 0 Å². The second kappa shape index (κ2) is 7.35. The molecular weight excluding hydrogens is 244 g/mol. The number of aromatic nitrogens is 1. The number of nitrogens with zero attached hydrogens (tertiary/aromatic N) is 1. The zero-order chi connectivity index (χ0) is 14.3. The smallest absolute Gasteiger partial charge is 0.254 e. The van der Waals surface area contributed by atoms with Crippen LogP contribution in [-0.2, 0) is 4.79 Å². The van der Waals surface area contributed by atoms with E-state index in [9.17, 15) is 9.59 Å². The average molecular weight is 264 g/mol. The van der Waals surface area contributed by atoms with Gasteiger partial charge in [-0.1, -0.05) is 6.92 Å². The van der Waals surface area contributed by atoms with Gasteiger partial charge in [-0.25, -0.2) is 0 Å². The van der Waals surface area contributed by atoms with E-state index in [0.717, 1.165) is 6.42 Å². The van der Waals surface area contributed by atoms with Gasteiger partial charge < -0.3 is 16.4 Å². The van der Waals surface area contributed by atoms with Gasteiger partial charge in [0.15, 0.2) is 0 Å². The van der Waals surface area contributed by atoms with Crippen molar-refractivity contribution in [1.82, 2.24) is 15.6 Å². The highest BCUT2D eigenvalue weighted by Gasteiger charge is 2.10. The molecule has 0 aliphatic carbocycles. The highest BCUT2D eigenvalue weighted by Crippen LogP contribution is 2.07. The highest BCUT2D eigenvalue weighted by molar-refractivity contribution is 5.98. The van der Waals surface area contributed by atoms with Crippen molar-refractivity contribution in [2.75, 3.05) is 12.3 Å². The lowest BCUT2D eigenvalue weighted by Gasteiger charge is -2.11. The molecule has 6 heteroatoms. The van der Waals surface area contributed by atoms with Crippen molar-refractivity contribution in [3.8, 4) is 0 Å². The molecule has 2 amide bonds. The summed E-state index contributed by atoms with van der Waals surface area (Å²) in [7, 11) is 0. The van der Waals surface area contributed by atoms with Gasteiger partial charge in [-0.05, 0) is 19.4 Å². The van der Waals surface area contributed by atoms with Crippen molar-refractivity contribution >= 4 is 17.5 Å². The summed E-state index contributed by atoms with van der Waals surface area (Å²) < 4.78 is 0. The third kappa shape index (κ3) is 4.95. The molecule has 1 aromatic heterocycles. The number of nitrogens with one attached hydrogen (secondary N) is 2. The van der Waals surface area contributed by atoms with Crippen LogP contribution < -0.4 is 16.4 Å². The van der Waals surface area contributed by atoms with E-state index in [4.69, 9.17) is 5.73 Å². The normalized spacial score (nSPS) is 11.7. The monoisotopic (exact) mass is 264 g/mol. The van der Waals surface area contributed by atoms with Gasteiger partial charge in [-0.15, -0.1) is 0 Å². The summed E-state index contributed by atoms with van der Waals surface area (Å²) in [5, 5.41) is 5.47. The molecule has 1 unspecified atom stereocenters. The number of hydrogen-bond donors (Lipinski definition) is 3. The summed E-state index contributed by atoms with van der Waals surface area (Å²) in [6.45, 7) is 4.21. The van der Waals surface area contributed by atoms with Crippen molar-refractivity contribution in [2.24, 2.45) is 0 Å². The molecular formula is C13H20N4O2. The first-order valence-electron chi connectivity index (χ1n) is 6.31.